The maximum atomic E-state index is 12.8. The third kappa shape index (κ3) is 8.50. The van der Waals surface area contributed by atoms with Crippen molar-refractivity contribution in [2.24, 2.45) is 0 Å². The Balaban J connectivity index is 1.48. The lowest BCUT2D eigenvalue weighted by molar-refractivity contribution is 0.0730. The zero-order valence-electron chi connectivity index (χ0n) is 19.1. The molecule has 6 nitrogen and oxygen atoms in total. The van der Waals surface area contributed by atoms with Gasteiger partial charge >= 0.3 is 14.6 Å². The number of para-hydroxylation sites is 1. The van der Waals surface area contributed by atoms with Crippen LogP contribution >= 0.6 is 41.5 Å². The van der Waals surface area contributed by atoms with Gasteiger partial charge in [0.1, 0.15) is 20.9 Å². The summed E-state index contributed by atoms with van der Waals surface area (Å²) < 4.78 is 28.7. The van der Waals surface area contributed by atoms with Crippen LogP contribution in [0.3, 0.4) is 0 Å². The minimum absolute atomic E-state index is 0.384. The van der Waals surface area contributed by atoms with E-state index >= 15 is 0 Å². The molecular weight excluding hydrogens is 511 g/mol. The number of benzene rings is 2. The van der Waals surface area contributed by atoms with Crippen molar-refractivity contribution < 1.29 is 27.8 Å². The molecule has 0 saturated carbocycles. The summed E-state index contributed by atoms with van der Waals surface area (Å²) in [4.78, 5) is 13.9. The van der Waals surface area contributed by atoms with E-state index in [1.807, 2.05) is 38.1 Å². The first-order chi connectivity index (χ1) is 16.6. The lowest BCUT2D eigenvalue weighted by atomic mass is 10.2. The predicted molar refractivity (Wildman–Crippen MR) is 141 cm³/mol. The molecule has 0 saturated heterocycles. The van der Waals surface area contributed by atoms with Gasteiger partial charge in [-0.25, -0.2) is 4.79 Å². The number of ether oxygens (including phenoxy) is 2. The van der Waals surface area contributed by atoms with Crippen LogP contribution in [0.25, 0.3) is 10.4 Å². The van der Waals surface area contributed by atoms with Gasteiger partial charge in [0.25, 0.3) is 0 Å². The van der Waals surface area contributed by atoms with Crippen LogP contribution in [-0.4, -0.2) is 32.4 Å². The largest absolute Gasteiger partial charge is 0.493 e. The molecule has 0 bridgehead atoms. The van der Waals surface area contributed by atoms with Gasteiger partial charge in [0.2, 0.25) is 0 Å². The molecule has 34 heavy (non-hydrogen) atoms. The molecule has 1 aromatic heterocycles. The number of hydrogen-bond donors (Lipinski definition) is 0. The highest BCUT2D eigenvalue weighted by atomic mass is 32.9. The number of rotatable bonds is 14. The molecule has 182 valence electrons. The van der Waals surface area contributed by atoms with E-state index in [4.69, 9.17) is 35.3 Å². The zero-order valence-corrected chi connectivity index (χ0v) is 22.4. The molecule has 0 N–H and O–H groups in total. The number of esters is 1. The number of hydrogen-bond acceptors (Lipinski definition) is 9. The molecule has 10 heteroatoms. The van der Waals surface area contributed by atoms with Gasteiger partial charge < -0.3 is 23.0 Å². The Kier molecular flexibility index (Phi) is 11.6. The Hall–Kier alpha value is -1.71. The molecule has 1 heterocycles. The Morgan fingerprint density at radius 3 is 2.29 bits per heavy atom. The van der Waals surface area contributed by atoms with Crippen molar-refractivity contribution in [3.63, 3.8) is 0 Å². The van der Waals surface area contributed by atoms with Crippen LogP contribution in [0.15, 0.2) is 54.6 Å². The van der Waals surface area contributed by atoms with Crippen LogP contribution in [0.1, 0.15) is 37.0 Å². The van der Waals surface area contributed by atoms with Gasteiger partial charge in [-0.3, -0.25) is 0 Å². The summed E-state index contributed by atoms with van der Waals surface area (Å²) in [6.45, 7) is 5.90. The summed E-state index contributed by atoms with van der Waals surface area (Å²) in [5, 5.41) is 0. The van der Waals surface area contributed by atoms with Gasteiger partial charge in [-0.2, -0.15) is 0 Å². The quantitative estimate of drug-likeness (QED) is 0.0516. The Morgan fingerprint density at radius 1 is 0.912 bits per heavy atom. The van der Waals surface area contributed by atoms with Gasteiger partial charge in [-0.15, -0.1) is 0 Å². The molecule has 0 aliphatic carbocycles. The number of carbonyl (C=O) groups is 1. The fourth-order valence-electron chi connectivity index (χ4n) is 2.83. The standard InChI is InChI=1S/C24H27O6PS3/c1-3-27-31(28-4-2)29-16-8-7-15-26-21-10-6-5-9-20(21)24(25)30-19-13-11-18(12-14-19)22-17-23(32)34-33-22/h5-6,9-14,17H,3-4,7-8,15-16H2,1-2H3. The van der Waals surface area contributed by atoms with Gasteiger partial charge in [0.15, 0.2) is 0 Å². The highest BCUT2D eigenvalue weighted by Crippen LogP contribution is 2.39. The van der Waals surface area contributed by atoms with E-state index in [2.05, 4.69) is 0 Å². The third-order valence-corrected chi connectivity index (χ3v) is 8.62. The van der Waals surface area contributed by atoms with E-state index in [1.54, 1.807) is 51.0 Å². The highest BCUT2D eigenvalue weighted by molar-refractivity contribution is 7.80. The van der Waals surface area contributed by atoms with E-state index in [1.165, 1.54) is 0 Å². The first kappa shape index (κ1) is 26.9. The van der Waals surface area contributed by atoms with Crippen LogP contribution in [0, 0.1) is 3.82 Å². The molecule has 3 aromatic rings. The average Bonchev–Trinajstić information content (AvgIpc) is 3.28. The van der Waals surface area contributed by atoms with E-state index < -0.39 is 14.6 Å². The fraction of sp³-hybridized carbons (Fsp3) is 0.333. The van der Waals surface area contributed by atoms with Crippen molar-refractivity contribution >= 4 is 47.5 Å². The van der Waals surface area contributed by atoms with E-state index in [0.29, 0.717) is 43.5 Å². The average molecular weight is 539 g/mol. The van der Waals surface area contributed by atoms with Crippen LogP contribution in [0.5, 0.6) is 11.5 Å². The Bertz CT molecular complexity index is 1080. The van der Waals surface area contributed by atoms with Gasteiger partial charge in [-0.1, -0.05) is 45.0 Å². The summed E-state index contributed by atoms with van der Waals surface area (Å²) in [7, 11) is 1.92. The van der Waals surface area contributed by atoms with Crippen molar-refractivity contribution in [3.05, 3.63) is 64.0 Å². The topological polar surface area (TPSA) is 63.2 Å². The zero-order chi connectivity index (χ0) is 24.2. The van der Waals surface area contributed by atoms with E-state index in [-0.39, 0.29) is 0 Å². The SMILES string of the molecule is CCOP(OCC)OCCCCOc1ccccc1C(=O)Oc1ccc(-c2cc(=S)ss2)cc1. The molecule has 0 aliphatic rings. The van der Waals surface area contributed by atoms with Crippen molar-refractivity contribution in [2.75, 3.05) is 26.4 Å². The van der Waals surface area contributed by atoms with Gasteiger partial charge in [0.05, 0.1) is 26.4 Å². The fourth-order valence-corrected chi connectivity index (χ4v) is 6.16. The lowest BCUT2D eigenvalue weighted by Crippen LogP contribution is -2.11. The monoisotopic (exact) mass is 538 g/mol. The van der Waals surface area contributed by atoms with Crippen molar-refractivity contribution in [1.82, 2.24) is 0 Å². The molecule has 0 aliphatic heterocycles. The lowest BCUT2D eigenvalue weighted by Gasteiger charge is -2.15. The van der Waals surface area contributed by atoms with Gasteiger partial charge in [0, 0.05) is 4.88 Å². The Morgan fingerprint density at radius 2 is 1.62 bits per heavy atom. The second kappa shape index (κ2) is 14.6. The molecule has 0 radical (unpaired) electrons. The molecule has 0 spiro atoms. The van der Waals surface area contributed by atoms with Crippen LogP contribution in [-0.2, 0) is 13.6 Å². The van der Waals surface area contributed by atoms with Crippen LogP contribution in [0.2, 0.25) is 0 Å². The molecule has 0 fully saturated rings. The predicted octanol–water partition coefficient (Wildman–Crippen LogP) is 7.90. The van der Waals surface area contributed by atoms with E-state index in [9.17, 15) is 4.79 Å². The minimum Gasteiger partial charge on any atom is -0.493 e. The molecule has 3 rings (SSSR count). The normalized spacial score (nSPS) is 11.0. The van der Waals surface area contributed by atoms with Gasteiger partial charge in [-0.05, 0) is 74.7 Å². The second-order valence-corrected chi connectivity index (χ2v) is 11.0. The summed E-state index contributed by atoms with van der Waals surface area (Å²) in [6, 6.07) is 16.5. The molecule has 0 atom stereocenters. The second-order valence-electron chi connectivity index (χ2n) is 6.85. The van der Waals surface area contributed by atoms with Crippen LogP contribution < -0.4 is 9.47 Å². The van der Waals surface area contributed by atoms with Crippen LogP contribution in [0.4, 0.5) is 0 Å². The molecular formula is C24H27O6PS3. The summed E-state index contributed by atoms with van der Waals surface area (Å²) >= 11 is 5.19. The maximum Gasteiger partial charge on any atom is 0.347 e. The summed E-state index contributed by atoms with van der Waals surface area (Å²) in [6.07, 6.45) is 1.55. The first-order valence-corrected chi connectivity index (χ1v) is 14.6. The third-order valence-electron chi connectivity index (χ3n) is 4.38. The number of unbranched alkanes of at least 4 members (excludes halogenated alkanes) is 1. The molecule has 2 aromatic carbocycles. The molecule has 0 unspecified atom stereocenters. The van der Waals surface area contributed by atoms with Crippen molar-refractivity contribution in [3.8, 4) is 21.9 Å². The summed E-state index contributed by atoms with van der Waals surface area (Å²) in [5.41, 5.74) is 1.43. The smallest absolute Gasteiger partial charge is 0.347 e. The first-order valence-electron chi connectivity index (χ1n) is 10.9. The van der Waals surface area contributed by atoms with E-state index in [0.717, 1.165) is 27.1 Å². The Labute approximate surface area is 213 Å². The highest BCUT2D eigenvalue weighted by Gasteiger charge is 2.15. The van der Waals surface area contributed by atoms with Crippen molar-refractivity contribution in [1.29, 1.82) is 0 Å². The molecule has 0 amide bonds. The summed E-state index contributed by atoms with van der Waals surface area (Å²) in [5.74, 6) is 0.505. The maximum absolute atomic E-state index is 12.8. The number of carbonyl (C=O) groups excluding carboxylic acids is 1. The van der Waals surface area contributed by atoms with Crippen molar-refractivity contribution in [2.45, 2.75) is 26.7 Å². The minimum atomic E-state index is -1.28.